The van der Waals surface area contributed by atoms with Crippen molar-refractivity contribution in [1.29, 1.82) is 0 Å². The summed E-state index contributed by atoms with van der Waals surface area (Å²) in [6.45, 7) is 4.26. The van der Waals surface area contributed by atoms with Gasteiger partial charge in [-0.15, -0.1) is 0 Å². The molecule has 2 aromatic rings. The van der Waals surface area contributed by atoms with Crippen molar-refractivity contribution in [2.24, 2.45) is 0 Å². The average molecular weight is 319 g/mol. The Bertz CT molecular complexity index is 634. The van der Waals surface area contributed by atoms with E-state index in [1.165, 1.54) is 11.2 Å². The maximum Gasteiger partial charge on any atom is 0.290 e. The SMILES string of the molecule is CCCCCN(CC(=O)Nc1cc(C)on1)C(=O)c1ccco1. The summed E-state index contributed by atoms with van der Waals surface area (Å²) in [5.41, 5.74) is 0. The number of unbranched alkanes of at least 4 members (excludes halogenated alkanes) is 2. The van der Waals surface area contributed by atoms with E-state index in [1.807, 2.05) is 0 Å². The monoisotopic (exact) mass is 319 g/mol. The molecule has 0 aromatic carbocycles. The van der Waals surface area contributed by atoms with Crippen LogP contribution in [0.25, 0.3) is 0 Å². The summed E-state index contributed by atoms with van der Waals surface area (Å²) in [6, 6.07) is 4.86. The largest absolute Gasteiger partial charge is 0.459 e. The Kier molecular flexibility index (Phi) is 5.96. The lowest BCUT2D eigenvalue weighted by atomic mass is 10.2. The topological polar surface area (TPSA) is 88.6 Å². The highest BCUT2D eigenvalue weighted by Crippen LogP contribution is 2.10. The van der Waals surface area contributed by atoms with E-state index in [1.54, 1.807) is 25.1 Å². The van der Waals surface area contributed by atoms with Crippen LogP contribution in [0.5, 0.6) is 0 Å². The number of hydrogen-bond acceptors (Lipinski definition) is 5. The van der Waals surface area contributed by atoms with Crippen molar-refractivity contribution >= 4 is 17.6 Å². The number of aryl methyl sites for hydroxylation is 1. The van der Waals surface area contributed by atoms with Gasteiger partial charge < -0.3 is 19.2 Å². The summed E-state index contributed by atoms with van der Waals surface area (Å²) in [6.07, 6.45) is 4.30. The molecule has 0 aliphatic heterocycles. The Morgan fingerprint density at radius 2 is 2.17 bits per heavy atom. The molecule has 23 heavy (non-hydrogen) atoms. The number of rotatable bonds is 8. The van der Waals surface area contributed by atoms with Gasteiger partial charge in [0.2, 0.25) is 5.91 Å². The maximum atomic E-state index is 12.4. The Balaban J connectivity index is 1.98. The first-order valence-corrected chi connectivity index (χ1v) is 7.66. The smallest absolute Gasteiger partial charge is 0.290 e. The minimum absolute atomic E-state index is 0.0604. The maximum absolute atomic E-state index is 12.4. The number of aromatic nitrogens is 1. The molecular formula is C16H21N3O4. The number of furan rings is 1. The molecule has 0 saturated carbocycles. The fraction of sp³-hybridized carbons (Fsp3) is 0.438. The molecule has 0 saturated heterocycles. The third kappa shape index (κ3) is 4.98. The van der Waals surface area contributed by atoms with E-state index >= 15 is 0 Å². The molecule has 2 aromatic heterocycles. The summed E-state index contributed by atoms with van der Waals surface area (Å²) in [7, 11) is 0. The van der Waals surface area contributed by atoms with Crippen LogP contribution >= 0.6 is 0 Å². The van der Waals surface area contributed by atoms with Crippen LogP contribution < -0.4 is 5.32 Å². The first-order chi connectivity index (χ1) is 11.1. The number of hydrogen-bond donors (Lipinski definition) is 1. The van der Waals surface area contributed by atoms with Crippen molar-refractivity contribution in [1.82, 2.24) is 10.1 Å². The van der Waals surface area contributed by atoms with Gasteiger partial charge >= 0.3 is 0 Å². The zero-order valence-electron chi connectivity index (χ0n) is 13.4. The number of nitrogens with one attached hydrogen (secondary N) is 1. The van der Waals surface area contributed by atoms with Crippen LogP contribution in [0.4, 0.5) is 5.82 Å². The molecule has 7 nitrogen and oxygen atoms in total. The molecule has 0 aliphatic carbocycles. The number of nitrogens with zero attached hydrogens (tertiary/aromatic N) is 2. The van der Waals surface area contributed by atoms with Gasteiger partial charge in [-0.2, -0.15) is 0 Å². The van der Waals surface area contributed by atoms with Crippen LogP contribution in [0.1, 0.15) is 42.5 Å². The quantitative estimate of drug-likeness (QED) is 0.756. The van der Waals surface area contributed by atoms with Gasteiger partial charge in [-0.05, 0) is 25.5 Å². The third-order valence-electron chi connectivity index (χ3n) is 3.28. The minimum Gasteiger partial charge on any atom is -0.459 e. The Morgan fingerprint density at radius 1 is 1.35 bits per heavy atom. The molecule has 0 fully saturated rings. The van der Waals surface area contributed by atoms with Gasteiger partial charge in [-0.1, -0.05) is 24.9 Å². The third-order valence-corrected chi connectivity index (χ3v) is 3.28. The number of amides is 2. The van der Waals surface area contributed by atoms with Gasteiger partial charge in [-0.3, -0.25) is 9.59 Å². The molecule has 7 heteroatoms. The molecule has 0 bridgehead atoms. The van der Waals surface area contributed by atoms with E-state index in [-0.39, 0.29) is 24.1 Å². The summed E-state index contributed by atoms with van der Waals surface area (Å²) >= 11 is 0. The van der Waals surface area contributed by atoms with E-state index in [9.17, 15) is 9.59 Å². The molecule has 1 N–H and O–H groups in total. The van der Waals surface area contributed by atoms with E-state index in [0.717, 1.165) is 19.3 Å². The molecule has 0 spiro atoms. The standard InChI is InChI=1S/C16H21N3O4/c1-3-4-5-8-19(16(21)13-7-6-9-22-13)11-15(20)17-14-10-12(2)23-18-14/h6-7,9-10H,3-5,8,11H2,1-2H3,(H,17,18,20). The average Bonchev–Trinajstić information content (AvgIpc) is 3.17. The first-order valence-electron chi connectivity index (χ1n) is 7.66. The van der Waals surface area contributed by atoms with E-state index < -0.39 is 0 Å². The number of anilines is 1. The van der Waals surface area contributed by atoms with Crippen LogP contribution in [0.2, 0.25) is 0 Å². The highest BCUT2D eigenvalue weighted by Gasteiger charge is 2.21. The second-order valence-electron chi connectivity index (χ2n) is 5.28. The highest BCUT2D eigenvalue weighted by atomic mass is 16.5. The summed E-state index contributed by atoms with van der Waals surface area (Å²) in [5.74, 6) is 0.553. The number of carbonyl (C=O) groups excluding carboxylic acids is 2. The fourth-order valence-corrected chi connectivity index (χ4v) is 2.14. The van der Waals surface area contributed by atoms with Crippen molar-refractivity contribution in [2.45, 2.75) is 33.1 Å². The van der Waals surface area contributed by atoms with Crippen LogP contribution in [0.3, 0.4) is 0 Å². The molecule has 0 aliphatic rings. The lowest BCUT2D eigenvalue weighted by Gasteiger charge is -2.20. The van der Waals surface area contributed by atoms with Crippen molar-refractivity contribution in [3.8, 4) is 0 Å². The Morgan fingerprint density at radius 3 is 2.78 bits per heavy atom. The Hall–Kier alpha value is -2.57. The zero-order chi connectivity index (χ0) is 16.7. The summed E-state index contributed by atoms with van der Waals surface area (Å²) < 4.78 is 10.0. The van der Waals surface area contributed by atoms with Crippen LogP contribution in [-0.4, -0.2) is 35.0 Å². The van der Waals surface area contributed by atoms with Gasteiger partial charge in [0.1, 0.15) is 12.3 Å². The lowest BCUT2D eigenvalue weighted by molar-refractivity contribution is -0.117. The predicted octanol–water partition coefficient (Wildman–Crippen LogP) is 2.85. The van der Waals surface area contributed by atoms with Crippen LogP contribution in [-0.2, 0) is 4.79 Å². The normalized spacial score (nSPS) is 10.5. The van der Waals surface area contributed by atoms with Gasteiger partial charge in [0, 0.05) is 12.6 Å². The Labute approximate surface area is 134 Å². The van der Waals surface area contributed by atoms with E-state index in [4.69, 9.17) is 8.94 Å². The van der Waals surface area contributed by atoms with Crippen molar-refractivity contribution < 1.29 is 18.5 Å². The van der Waals surface area contributed by atoms with Gasteiger partial charge in [0.05, 0.1) is 6.26 Å². The molecule has 2 rings (SSSR count). The highest BCUT2D eigenvalue weighted by molar-refractivity contribution is 5.97. The molecular weight excluding hydrogens is 298 g/mol. The van der Waals surface area contributed by atoms with Gasteiger partial charge in [0.15, 0.2) is 11.6 Å². The molecule has 0 radical (unpaired) electrons. The van der Waals surface area contributed by atoms with Gasteiger partial charge in [0.25, 0.3) is 5.91 Å². The van der Waals surface area contributed by atoms with E-state index in [2.05, 4.69) is 17.4 Å². The van der Waals surface area contributed by atoms with Crippen LogP contribution in [0.15, 0.2) is 33.4 Å². The summed E-state index contributed by atoms with van der Waals surface area (Å²) in [4.78, 5) is 26.0. The fourth-order valence-electron chi connectivity index (χ4n) is 2.14. The second-order valence-corrected chi connectivity index (χ2v) is 5.28. The zero-order valence-corrected chi connectivity index (χ0v) is 13.4. The van der Waals surface area contributed by atoms with Crippen molar-refractivity contribution in [2.75, 3.05) is 18.4 Å². The van der Waals surface area contributed by atoms with Crippen molar-refractivity contribution in [3.63, 3.8) is 0 Å². The number of carbonyl (C=O) groups is 2. The molecule has 2 amide bonds. The summed E-state index contributed by atoms with van der Waals surface area (Å²) in [5, 5.41) is 6.32. The minimum atomic E-state index is -0.324. The molecule has 0 atom stereocenters. The lowest BCUT2D eigenvalue weighted by Crippen LogP contribution is -2.38. The first kappa shape index (κ1) is 16.8. The predicted molar refractivity (Wildman–Crippen MR) is 84.0 cm³/mol. The van der Waals surface area contributed by atoms with Gasteiger partial charge in [-0.25, -0.2) is 0 Å². The van der Waals surface area contributed by atoms with Crippen molar-refractivity contribution in [3.05, 3.63) is 36.0 Å². The second kappa shape index (κ2) is 8.17. The molecule has 0 unspecified atom stereocenters. The van der Waals surface area contributed by atoms with Crippen LogP contribution in [0, 0.1) is 6.92 Å². The molecule has 2 heterocycles. The van der Waals surface area contributed by atoms with E-state index in [0.29, 0.717) is 18.1 Å². The molecule has 124 valence electrons.